The van der Waals surface area contributed by atoms with Crippen LogP contribution >= 0.6 is 0 Å². The van der Waals surface area contributed by atoms with E-state index in [1.54, 1.807) is 0 Å². The predicted octanol–water partition coefficient (Wildman–Crippen LogP) is 11.5. The van der Waals surface area contributed by atoms with E-state index in [2.05, 4.69) is 26.0 Å². The molecule has 0 atom stereocenters. The van der Waals surface area contributed by atoms with Gasteiger partial charge in [-0.3, -0.25) is 0 Å². The topological polar surface area (TPSA) is 0 Å². The first-order chi connectivity index (χ1) is 14.9. The summed E-state index contributed by atoms with van der Waals surface area (Å²) in [6.45, 7) is 6.21. The summed E-state index contributed by atoms with van der Waals surface area (Å²) in [4.78, 5) is 0. The van der Waals surface area contributed by atoms with E-state index in [-0.39, 0.29) is 0 Å². The second-order valence-electron chi connectivity index (χ2n) is 9.68. The van der Waals surface area contributed by atoms with Crippen molar-refractivity contribution in [1.82, 2.24) is 0 Å². The van der Waals surface area contributed by atoms with Crippen LogP contribution in [0, 0.1) is 6.92 Å². The molecule has 0 saturated carbocycles. The third-order valence-corrected chi connectivity index (χ3v) is 6.51. The molecule has 0 aliphatic heterocycles. The van der Waals surface area contributed by atoms with Crippen molar-refractivity contribution in [3.63, 3.8) is 0 Å². The molecular formula is C30H59. The fourth-order valence-electron chi connectivity index (χ4n) is 4.37. The summed E-state index contributed by atoms with van der Waals surface area (Å²) in [6, 6.07) is 0. The van der Waals surface area contributed by atoms with E-state index in [9.17, 15) is 0 Å². The van der Waals surface area contributed by atoms with Crippen LogP contribution in [0.3, 0.4) is 0 Å². The van der Waals surface area contributed by atoms with Gasteiger partial charge in [0, 0.05) is 0 Å². The molecule has 1 radical (unpaired) electrons. The molecule has 179 valence electrons. The molecule has 0 spiro atoms. The van der Waals surface area contributed by atoms with Gasteiger partial charge in [0.05, 0.1) is 0 Å². The molecule has 0 nitrogen and oxygen atoms in total. The molecule has 0 heterocycles. The average Bonchev–Trinajstić information content (AvgIpc) is 2.76. The Morgan fingerprint density at radius 1 is 0.367 bits per heavy atom. The zero-order valence-electron chi connectivity index (χ0n) is 21.2. The van der Waals surface area contributed by atoms with Crippen LogP contribution in [0.1, 0.15) is 174 Å². The van der Waals surface area contributed by atoms with Gasteiger partial charge in [0.15, 0.2) is 0 Å². The molecule has 30 heavy (non-hydrogen) atoms. The van der Waals surface area contributed by atoms with Crippen LogP contribution < -0.4 is 0 Å². The van der Waals surface area contributed by atoms with Gasteiger partial charge < -0.3 is 0 Å². The van der Waals surface area contributed by atoms with Crippen LogP contribution in [0.5, 0.6) is 0 Å². The van der Waals surface area contributed by atoms with Crippen LogP contribution in [-0.4, -0.2) is 0 Å². The first-order valence-electron chi connectivity index (χ1n) is 14.4. The highest BCUT2D eigenvalue weighted by Crippen LogP contribution is 2.14. The number of hydrogen-bond acceptors (Lipinski definition) is 0. The summed E-state index contributed by atoms with van der Waals surface area (Å²) in [7, 11) is 0. The largest absolute Gasteiger partial charge is 0.0885 e. The molecule has 0 rings (SSSR count). The van der Waals surface area contributed by atoms with E-state index < -0.39 is 0 Å². The van der Waals surface area contributed by atoms with Gasteiger partial charge in [-0.05, 0) is 25.7 Å². The monoisotopic (exact) mass is 419 g/mol. The molecule has 0 aromatic heterocycles. The van der Waals surface area contributed by atoms with Gasteiger partial charge in [0.1, 0.15) is 0 Å². The fraction of sp³-hybridized carbons (Fsp3) is 0.900. The highest BCUT2D eigenvalue weighted by molar-refractivity contribution is 4.81. The second kappa shape index (κ2) is 28.7. The molecule has 0 heteroatoms. The van der Waals surface area contributed by atoms with Crippen LogP contribution in [0.2, 0.25) is 0 Å². The van der Waals surface area contributed by atoms with Gasteiger partial charge in [-0.15, -0.1) is 0 Å². The number of unbranched alkanes of at least 4 members (excludes halogenated alkanes) is 24. The first-order valence-corrected chi connectivity index (χ1v) is 14.4. The summed E-state index contributed by atoms with van der Waals surface area (Å²) >= 11 is 0. The predicted molar refractivity (Wildman–Crippen MR) is 140 cm³/mol. The van der Waals surface area contributed by atoms with Crippen LogP contribution in [0.25, 0.3) is 0 Å². The molecule has 0 aliphatic rings. The molecule has 0 aliphatic carbocycles. The molecule has 0 N–H and O–H groups in total. The molecule has 0 aromatic rings. The molecule has 0 aromatic carbocycles. The summed E-state index contributed by atoms with van der Waals surface area (Å²) in [5.41, 5.74) is 0. The lowest BCUT2D eigenvalue weighted by molar-refractivity contribution is 0.530. The summed E-state index contributed by atoms with van der Waals surface area (Å²) < 4.78 is 0. The maximum absolute atomic E-state index is 3.91. The van der Waals surface area contributed by atoms with Gasteiger partial charge in [0.2, 0.25) is 0 Å². The minimum Gasteiger partial charge on any atom is -0.0885 e. The first kappa shape index (κ1) is 29.7. The highest BCUT2D eigenvalue weighted by atomic mass is 14.0. The molecule has 0 unspecified atom stereocenters. The normalized spacial score (nSPS) is 11.7. The van der Waals surface area contributed by atoms with E-state index >= 15 is 0 Å². The maximum atomic E-state index is 3.91. The Labute approximate surface area is 193 Å². The SMILES string of the molecule is [CH2]CCCCCCCCC/C=C/CCCCCCCCCCCCCCCCCC. The minimum absolute atomic E-state index is 1.12. The molecule has 0 saturated heterocycles. The van der Waals surface area contributed by atoms with Crippen LogP contribution in [-0.2, 0) is 0 Å². The third-order valence-electron chi connectivity index (χ3n) is 6.51. The van der Waals surface area contributed by atoms with Gasteiger partial charge >= 0.3 is 0 Å². The van der Waals surface area contributed by atoms with Crippen molar-refractivity contribution < 1.29 is 0 Å². The Morgan fingerprint density at radius 3 is 0.933 bits per heavy atom. The Morgan fingerprint density at radius 2 is 0.633 bits per heavy atom. The average molecular weight is 420 g/mol. The van der Waals surface area contributed by atoms with Gasteiger partial charge in [-0.2, -0.15) is 0 Å². The lowest BCUT2D eigenvalue weighted by Gasteiger charge is -2.03. The number of rotatable bonds is 26. The summed E-state index contributed by atoms with van der Waals surface area (Å²) in [5.74, 6) is 0. The van der Waals surface area contributed by atoms with E-state index in [1.165, 1.54) is 161 Å². The number of allylic oxidation sites excluding steroid dienone is 2. The van der Waals surface area contributed by atoms with E-state index in [0.717, 1.165) is 6.42 Å². The smallest absolute Gasteiger partial charge is 0.0351 e. The van der Waals surface area contributed by atoms with Crippen molar-refractivity contribution in [2.45, 2.75) is 174 Å². The van der Waals surface area contributed by atoms with Crippen LogP contribution in [0.4, 0.5) is 0 Å². The number of hydrogen-bond donors (Lipinski definition) is 0. The van der Waals surface area contributed by atoms with E-state index in [0.29, 0.717) is 0 Å². The van der Waals surface area contributed by atoms with E-state index in [4.69, 9.17) is 0 Å². The van der Waals surface area contributed by atoms with Crippen LogP contribution in [0.15, 0.2) is 12.2 Å². The summed E-state index contributed by atoms with van der Waals surface area (Å²) in [5, 5.41) is 0. The quantitative estimate of drug-likeness (QED) is 0.0965. The highest BCUT2D eigenvalue weighted by Gasteiger charge is 1.94. The Hall–Kier alpha value is -0.260. The Bertz CT molecular complexity index is 303. The van der Waals surface area contributed by atoms with Gasteiger partial charge in [0.25, 0.3) is 0 Å². The fourth-order valence-corrected chi connectivity index (χ4v) is 4.37. The van der Waals surface area contributed by atoms with Crippen molar-refractivity contribution in [2.75, 3.05) is 0 Å². The molecule has 0 bridgehead atoms. The maximum Gasteiger partial charge on any atom is -0.0351 e. The van der Waals surface area contributed by atoms with Crippen molar-refractivity contribution in [3.05, 3.63) is 19.1 Å². The molecular weight excluding hydrogens is 360 g/mol. The Kier molecular flexibility index (Phi) is 28.5. The lowest BCUT2D eigenvalue weighted by Crippen LogP contribution is -1.83. The van der Waals surface area contributed by atoms with E-state index in [1.807, 2.05) is 0 Å². The van der Waals surface area contributed by atoms with Crippen molar-refractivity contribution >= 4 is 0 Å². The third kappa shape index (κ3) is 27.7. The Balaban J connectivity index is 3.05. The lowest BCUT2D eigenvalue weighted by atomic mass is 10.0. The molecule has 0 fully saturated rings. The standard InChI is InChI=1S/C30H59/c1-3-5-7-9-11-13-15-17-19-21-23-25-27-29-30-28-26-24-22-20-18-16-14-12-10-8-6-4-2/h21,23H,1,3-20,22,24-30H2,2H3/b23-21+. The van der Waals surface area contributed by atoms with Crippen molar-refractivity contribution in [1.29, 1.82) is 0 Å². The second-order valence-corrected chi connectivity index (χ2v) is 9.68. The van der Waals surface area contributed by atoms with Gasteiger partial charge in [-0.1, -0.05) is 167 Å². The van der Waals surface area contributed by atoms with Gasteiger partial charge in [-0.25, -0.2) is 0 Å². The van der Waals surface area contributed by atoms with Crippen molar-refractivity contribution in [3.8, 4) is 0 Å². The molecule has 0 amide bonds. The van der Waals surface area contributed by atoms with Crippen molar-refractivity contribution in [2.24, 2.45) is 0 Å². The minimum atomic E-state index is 1.12. The zero-order valence-corrected chi connectivity index (χ0v) is 21.2. The summed E-state index contributed by atoms with van der Waals surface area (Å²) in [6.07, 6.45) is 41.8. The zero-order chi connectivity index (χ0) is 21.8.